The fraction of sp³-hybridized carbons (Fsp3) is 0.304. The van der Waals surface area contributed by atoms with E-state index in [1.807, 2.05) is 28.7 Å². The molecular weight excluding hydrogens is 639 g/mol. The van der Waals surface area contributed by atoms with Crippen LogP contribution in [0, 0.1) is 12.7 Å². The Morgan fingerprint density at radius 2 is 1.31 bits per heavy atom. The summed E-state index contributed by atoms with van der Waals surface area (Å²) in [5, 5.41) is 1.80. The van der Waals surface area contributed by atoms with E-state index >= 15 is 0 Å². The molecule has 0 bridgehead atoms. The molecule has 32 heavy (non-hydrogen) atoms. The Morgan fingerprint density at radius 3 is 1.75 bits per heavy atom. The number of hydrogen-bond acceptors (Lipinski definition) is 4. The van der Waals surface area contributed by atoms with Gasteiger partial charge in [0.1, 0.15) is 5.82 Å². The first-order chi connectivity index (χ1) is 14.8. The lowest BCUT2D eigenvalue weighted by Gasteiger charge is -2.12. The molecule has 0 saturated carbocycles. The van der Waals surface area contributed by atoms with Crippen molar-refractivity contribution >= 4 is 102 Å². The summed E-state index contributed by atoms with van der Waals surface area (Å²) in [6.45, 7) is 16.3. The molecule has 0 aliphatic carbocycles. The minimum Gasteiger partial charge on any atom is -0.205 e. The van der Waals surface area contributed by atoms with Crippen molar-refractivity contribution in [3.05, 3.63) is 55.4 Å². The Balaban J connectivity index is 0.000000182. The number of halogens is 3. The summed E-state index contributed by atoms with van der Waals surface area (Å²) in [6.07, 6.45) is 0. The third-order valence-electron chi connectivity index (χ3n) is 4.63. The molecule has 0 saturated heterocycles. The van der Waals surface area contributed by atoms with Gasteiger partial charge in [-0.05, 0) is 77.4 Å². The lowest BCUT2D eigenvalue weighted by molar-refractivity contribution is 0.636. The third-order valence-corrected chi connectivity index (χ3v) is 18.1. The van der Waals surface area contributed by atoms with Gasteiger partial charge in [0.2, 0.25) is 0 Å². The van der Waals surface area contributed by atoms with Gasteiger partial charge in [0.15, 0.2) is 0 Å². The molecule has 4 aromatic rings. The van der Waals surface area contributed by atoms with Gasteiger partial charge in [-0.25, -0.2) is 4.39 Å². The molecule has 0 nitrogen and oxygen atoms in total. The van der Waals surface area contributed by atoms with Crippen LogP contribution < -0.4 is 9.00 Å². The van der Waals surface area contributed by atoms with Crippen LogP contribution in [0.2, 0.25) is 39.3 Å². The molecule has 0 amide bonds. The van der Waals surface area contributed by atoms with Crippen LogP contribution in [-0.2, 0) is 0 Å². The summed E-state index contributed by atoms with van der Waals surface area (Å²) in [5.74, 6) is -0.0935. The Bertz CT molecular complexity index is 1210. The standard InChI is InChI=1S/C12H14Br2S2Si.C11H13FS2Si/c1-7-5-8(13)11(15-7)12-9(14)6-10(16-12)17(2,3)4;1-15(2,3)10-5-4-9(14-10)11-8(12)6-7-13-11/h5-6H,1-4H3;4-7H,1-3H3. The van der Waals surface area contributed by atoms with Crippen molar-refractivity contribution in [2.75, 3.05) is 0 Å². The minimum absolute atomic E-state index is 0.0935. The third kappa shape index (κ3) is 6.41. The van der Waals surface area contributed by atoms with Gasteiger partial charge in [0.25, 0.3) is 0 Å². The van der Waals surface area contributed by atoms with Crippen molar-refractivity contribution in [3.8, 4) is 19.5 Å². The van der Waals surface area contributed by atoms with E-state index in [1.165, 1.54) is 45.5 Å². The van der Waals surface area contributed by atoms with Crippen LogP contribution in [0.25, 0.3) is 19.5 Å². The molecule has 172 valence electrons. The van der Waals surface area contributed by atoms with E-state index in [9.17, 15) is 4.39 Å². The molecular formula is C23H27Br2FS4Si2. The van der Waals surface area contributed by atoms with Crippen molar-refractivity contribution in [3.63, 3.8) is 0 Å². The van der Waals surface area contributed by atoms with Crippen LogP contribution in [0.4, 0.5) is 4.39 Å². The average Bonchev–Trinajstić information content (AvgIpc) is 3.41. The number of thiophene rings is 4. The van der Waals surface area contributed by atoms with Gasteiger partial charge in [-0.3, -0.25) is 0 Å². The predicted octanol–water partition coefficient (Wildman–Crippen LogP) is 10.0. The predicted molar refractivity (Wildman–Crippen MR) is 161 cm³/mol. The molecule has 0 unspecified atom stereocenters. The molecule has 0 aliphatic rings. The van der Waals surface area contributed by atoms with Crippen LogP contribution in [0.3, 0.4) is 0 Å². The number of rotatable bonds is 4. The van der Waals surface area contributed by atoms with Gasteiger partial charge in [0, 0.05) is 18.7 Å². The van der Waals surface area contributed by atoms with Gasteiger partial charge in [-0.1, -0.05) is 45.3 Å². The van der Waals surface area contributed by atoms with E-state index in [0.29, 0.717) is 0 Å². The van der Waals surface area contributed by atoms with Crippen molar-refractivity contribution < 1.29 is 4.39 Å². The summed E-state index contributed by atoms with van der Waals surface area (Å²) < 4.78 is 18.8. The van der Waals surface area contributed by atoms with Crippen LogP contribution in [0.15, 0.2) is 44.7 Å². The molecule has 9 heteroatoms. The van der Waals surface area contributed by atoms with Crippen molar-refractivity contribution in [1.82, 2.24) is 0 Å². The van der Waals surface area contributed by atoms with Crippen molar-refractivity contribution in [2.45, 2.75) is 46.2 Å². The number of aryl methyl sites for hydroxylation is 1. The molecule has 4 rings (SSSR count). The van der Waals surface area contributed by atoms with E-state index < -0.39 is 16.1 Å². The zero-order valence-corrected chi connectivity index (χ0v) is 27.7. The molecule has 0 N–H and O–H groups in total. The Kier molecular flexibility index (Phi) is 8.68. The van der Waals surface area contributed by atoms with E-state index in [4.69, 9.17) is 0 Å². The lowest BCUT2D eigenvalue weighted by Crippen LogP contribution is -2.34. The summed E-state index contributed by atoms with van der Waals surface area (Å²) in [7, 11) is -2.45. The van der Waals surface area contributed by atoms with Gasteiger partial charge in [0.05, 0.1) is 30.8 Å². The summed E-state index contributed by atoms with van der Waals surface area (Å²) in [6, 6.07) is 10.3. The van der Waals surface area contributed by atoms with Gasteiger partial charge in [-0.2, -0.15) is 0 Å². The Labute approximate surface area is 225 Å². The first kappa shape index (κ1) is 26.7. The largest absolute Gasteiger partial charge is 0.205 e. The maximum absolute atomic E-state index is 13.4. The molecule has 4 aromatic heterocycles. The molecule has 0 atom stereocenters. The van der Waals surface area contributed by atoms with E-state index in [-0.39, 0.29) is 5.82 Å². The molecule has 0 aromatic carbocycles. The van der Waals surface area contributed by atoms with E-state index in [0.717, 1.165) is 9.75 Å². The molecule has 0 radical (unpaired) electrons. The first-order valence-electron chi connectivity index (χ1n) is 10.2. The van der Waals surface area contributed by atoms with Gasteiger partial charge < -0.3 is 0 Å². The summed E-state index contributed by atoms with van der Waals surface area (Å²) >= 11 is 14.4. The van der Waals surface area contributed by atoms with Crippen LogP contribution in [0.5, 0.6) is 0 Å². The molecule has 0 spiro atoms. The van der Waals surface area contributed by atoms with Crippen LogP contribution in [-0.4, -0.2) is 16.1 Å². The average molecular weight is 667 g/mol. The van der Waals surface area contributed by atoms with Gasteiger partial charge >= 0.3 is 0 Å². The van der Waals surface area contributed by atoms with Crippen molar-refractivity contribution in [2.24, 2.45) is 0 Å². The van der Waals surface area contributed by atoms with E-state index in [2.05, 4.69) is 96.3 Å². The quantitative estimate of drug-likeness (QED) is 0.190. The maximum atomic E-state index is 13.4. The van der Waals surface area contributed by atoms with Crippen molar-refractivity contribution in [1.29, 1.82) is 0 Å². The summed E-state index contributed by atoms with van der Waals surface area (Å²) in [4.78, 5) is 5.92. The van der Waals surface area contributed by atoms with Gasteiger partial charge in [-0.15, -0.1) is 45.3 Å². The SMILES string of the molecule is C[Si](C)(C)c1ccc(-c2sccc2F)s1.Cc1cc(Br)c(-c2sc([Si](C)(C)C)cc2Br)s1. The Morgan fingerprint density at radius 1 is 0.719 bits per heavy atom. The van der Waals surface area contributed by atoms with Crippen LogP contribution >= 0.6 is 77.2 Å². The Hall–Kier alpha value is 0.124. The second kappa shape index (κ2) is 10.4. The minimum atomic E-state index is -1.24. The summed E-state index contributed by atoms with van der Waals surface area (Å²) in [5.41, 5.74) is 0. The van der Waals surface area contributed by atoms with E-state index in [1.54, 1.807) is 21.2 Å². The number of hydrogen-bond donors (Lipinski definition) is 0. The zero-order valence-electron chi connectivity index (χ0n) is 19.2. The van der Waals surface area contributed by atoms with Crippen LogP contribution in [0.1, 0.15) is 4.88 Å². The normalized spacial score (nSPS) is 12.1. The monoisotopic (exact) mass is 664 g/mol. The topological polar surface area (TPSA) is 0 Å². The zero-order chi connectivity index (χ0) is 23.8. The fourth-order valence-corrected chi connectivity index (χ4v) is 12.9. The lowest BCUT2D eigenvalue weighted by atomic mass is 10.4. The first-order valence-corrected chi connectivity index (χ1v) is 22.1. The molecule has 4 heterocycles. The maximum Gasteiger partial charge on any atom is 0.142 e. The second-order valence-corrected chi connectivity index (χ2v) is 26.4. The fourth-order valence-electron chi connectivity index (χ4n) is 2.86. The highest BCUT2D eigenvalue weighted by molar-refractivity contribution is 9.11. The molecule has 0 aliphatic heterocycles. The molecule has 0 fully saturated rings. The highest BCUT2D eigenvalue weighted by Gasteiger charge is 2.23. The smallest absolute Gasteiger partial charge is 0.142 e. The second-order valence-electron chi connectivity index (χ2n) is 9.58. The highest BCUT2D eigenvalue weighted by Crippen LogP contribution is 2.42. The highest BCUT2D eigenvalue weighted by atomic mass is 79.9.